The van der Waals surface area contributed by atoms with E-state index in [-0.39, 0.29) is 16.6 Å². The third kappa shape index (κ3) is 4.40. The van der Waals surface area contributed by atoms with Crippen LogP contribution in [-0.2, 0) is 0 Å². The maximum absolute atomic E-state index is 5.44. The van der Waals surface area contributed by atoms with Gasteiger partial charge in [-0.05, 0) is 67.0 Å². The van der Waals surface area contributed by atoms with Crippen molar-refractivity contribution < 1.29 is 0 Å². The van der Waals surface area contributed by atoms with Crippen molar-refractivity contribution in [3.63, 3.8) is 0 Å². The van der Waals surface area contributed by atoms with Crippen molar-refractivity contribution in [2.24, 2.45) is 5.92 Å². The summed E-state index contributed by atoms with van der Waals surface area (Å²) in [6.45, 7) is 9.22. The average Bonchev–Trinajstić information content (AvgIpc) is 3.71. The normalized spacial score (nSPS) is 22.3. The zero-order chi connectivity index (χ0) is 36.3. The summed E-state index contributed by atoms with van der Waals surface area (Å²) in [5.74, 6) is 1.62. The fourth-order valence-electron chi connectivity index (χ4n) is 9.74. The van der Waals surface area contributed by atoms with Crippen LogP contribution in [0.2, 0.25) is 0 Å². The number of nitrogens with zero attached hydrogens (tertiary/aromatic N) is 5. The van der Waals surface area contributed by atoms with Crippen molar-refractivity contribution in [2.75, 3.05) is 0 Å². The minimum atomic E-state index is -0.0970. The van der Waals surface area contributed by atoms with Gasteiger partial charge in [0.25, 0.3) is 0 Å². The van der Waals surface area contributed by atoms with Gasteiger partial charge < -0.3 is 4.57 Å². The SMILES string of the molecule is CCC1c2ccc(-c3nc(-c4ccccc4)c4c(n3)C3C=CC=CC3(C)S4)cc2-n2c3ccccc3c3c4nccnc4c(C4=CCC(C)C=C4C)c1c32. The van der Waals surface area contributed by atoms with Crippen LogP contribution in [0.25, 0.3) is 66.7 Å². The van der Waals surface area contributed by atoms with Gasteiger partial charge in [-0.3, -0.25) is 9.97 Å². The van der Waals surface area contributed by atoms with E-state index < -0.39 is 0 Å². The van der Waals surface area contributed by atoms with Gasteiger partial charge in [0.1, 0.15) is 0 Å². The molecule has 262 valence electrons. The van der Waals surface area contributed by atoms with E-state index in [1.807, 2.05) is 24.2 Å². The summed E-state index contributed by atoms with van der Waals surface area (Å²) in [6.07, 6.45) is 19.5. The molecule has 0 amide bonds. The Morgan fingerprint density at radius 2 is 1.72 bits per heavy atom. The number of hydrogen-bond donors (Lipinski definition) is 0. The molecule has 0 fully saturated rings. The maximum Gasteiger partial charge on any atom is 0.160 e. The molecule has 2 aliphatic carbocycles. The summed E-state index contributed by atoms with van der Waals surface area (Å²) in [6, 6.07) is 26.4. The van der Waals surface area contributed by atoms with Gasteiger partial charge in [-0.15, -0.1) is 11.8 Å². The number of aromatic nitrogens is 5. The Kier molecular flexibility index (Phi) is 6.91. The molecular weight excluding hydrogens is 679 g/mol. The maximum atomic E-state index is 5.44. The van der Waals surface area contributed by atoms with E-state index in [2.05, 4.69) is 142 Å². The molecule has 4 atom stereocenters. The Morgan fingerprint density at radius 3 is 2.56 bits per heavy atom. The quantitative estimate of drug-likeness (QED) is 0.181. The van der Waals surface area contributed by atoms with Crippen LogP contribution >= 0.6 is 11.8 Å². The predicted octanol–water partition coefficient (Wildman–Crippen LogP) is 12.1. The van der Waals surface area contributed by atoms with Crippen LogP contribution in [0.4, 0.5) is 0 Å². The Morgan fingerprint density at radius 1 is 0.907 bits per heavy atom. The number of hydrogen-bond acceptors (Lipinski definition) is 5. The fourth-order valence-corrected chi connectivity index (χ4v) is 11.2. The zero-order valence-electron chi connectivity index (χ0n) is 30.8. The molecule has 0 bridgehead atoms. The molecule has 5 heterocycles. The van der Waals surface area contributed by atoms with Gasteiger partial charge in [-0.25, -0.2) is 9.97 Å². The molecule has 7 aromatic rings. The highest BCUT2D eigenvalue weighted by atomic mass is 32.2. The summed E-state index contributed by atoms with van der Waals surface area (Å²) in [5.41, 5.74) is 16.4. The van der Waals surface area contributed by atoms with Crippen molar-refractivity contribution in [1.82, 2.24) is 24.5 Å². The lowest BCUT2D eigenvalue weighted by atomic mass is 9.77. The van der Waals surface area contributed by atoms with Crippen LogP contribution in [0.1, 0.15) is 74.8 Å². The lowest BCUT2D eigenvalue weighted by Gasteiger charge is -2.32. The Labute approximate surface area is 319 Å². The molecule has 5 nitrogen and oxygen atoms in total. The summed E-state index contributed by atoms with van der Waals surface area (Å²) in [7, 11) is 0. The Bertz CT molecular complexity index is 2880. The second kappa shape index (κ2) is 11.7. The van der Waals surface area contributed by atoms with Gasteiger partial charge in [0, 0.05) is 56.4 Å². The smallest absolute Gasteiger partial charge is 0.160 e. The molecular formula is C48H39N5S. The molecule has 6 heteroatoms. The van der Waals surface area contributed by atoms with E-state index in [9.17, 15) is 0 Å². The number of benzene rings is 4. The first-order chi connectivity index (χ1) is 26.4. The van der Waals surface area contributed by atoms with E-state index in [1.54, 1.807) is 0 Å². The lowest BCUT2D eigenvalue weighted by molar-refractivity contribution is 0.681. The van der Waals surface area contributed by atoms with Crippen LogP contribution in [0.3, 0.4) is 0 Å². The molecule has 3 aromatic heterocycles. The summed E-state index contributed by atoms with van der Waals surface area (Å²) in [4.78, 5) is 22.2. The van der Waals surface area contributed by atoms with Gasteiger partial charge in [-0.2, -0.15) is 0 Å². The molecule has 0 saturated heterocycles. The van der Waals surface area contributed by atoms with Crippen molar-refractivity contribution in [3.8, 4) is 28.3 Å². The Hall–Kier alpha value is -5.59. The van der Waals surface area contributed by atoms with Crippen LogP contribution in [0.5, 0.6) is 0 Å². The molecule has 0 radical (unpaired) electrons. The predicted molar refractivity (Wildman–Crippen MR) is 223 cm³/mol. The monoisotopic (exact) mass is 717 g/mol. The van der Waals surface area contributed by atoms with E-state index in [1.165, 1.54) is 60.2 Å². The molecule has 0 saturated carbocycles. The van der Waals surface area contributed by atoms with E-state index >= 15 is 0 Å². The molecule has 54 heavy (non-hydrogen) atoms. The second-order valence-electron chi connectivity index (χ2n) is 15.5. The summed E-state index contributed by atoms with van der Waals surface area (Å²) < 4.78 is 2.42. The number of para-hydroxylation sites is 1. The molecule has 0 spiro atoms. The Balaban J connectivity index is 1.21. The van der Waals surface area contributed by atoms with Gasteiger partial charge in [0.15, 0.2) is 5.82 Å². The van der Waals surface area contributed by atoms with Crippen molar-refractivity contribution >= 4 is 50.2 Å². The zero-order valence-corrected chi connectivity index (χ0v) is 31.7. The van der Waals surface area contributed by atoms with Gasteiger partial charge >= 0.3 is 0 Å². The average molecular weight is 718 g/mol. The fraction of sp³-hybridized carbons (Fsp3) is 0.208. The molecule has 4 aromatic carbocycles. The van der Waals surface area contributed by atoms with Crippen LogP contribution in [-0.4, -0.2) is 29.3 Å². The topological polar surface area (TPSA) is 56.5 Å². The van der Waals surface area contributed by atoms with E-state index in [0.29, 0.717) is 5.92 Å². The van der Waals surface area contributed by atoms with Crippen LogP contribution in [0.15, 0.2) is 132 Å². The van der Waals surface area contributed by atoms with Crippen molar-refractivity contribution in [1.29, 1.82) is 0 Å². The highest BCUT2D eigenvalue weighted by Gasteiger charge is 2.45. The van der Waals surface area contributed by atoms with Gasteiger partial charge in [0.2, 0.25) is 0 Å². The number of allylic oxidation sites excluding steroid dienone is 7. The highest BCUT2D eigenvalue weighted by molar-refractivity contribution is 8.01. The number of rotatable bonds is 4. The molecule has 4 unspecified atom stereocenters. The lowest BCUT2D eigenvalue weighted by Crippen LogP contribution is -2.22. The molecule has 4 aliphatic rings. The minimum Gasteiger partial charge on any atom is -0.309 e. The van der Waals surface area contributed by atoms with Gasteiger partial charge in [-0.1, -0.05) is 111 Å². The third-order valence-electron chi connectivity index (χ3n) is 12.2. The molecule has 0 N–H and O–H groups in total. The van der Waals surface area contributed by atoms with Crippen molar-refractivity contribution in [2.45, 2.75) is 62.0 Å². The van der Waals surface area contributed by atoms with Crippen LogP contribution < -0.4 is 0 Å². The molecule has 2 aliphatic heterocycles. The largest absolute Gasteiger partial charge is 0.309 e. The first kappa shape index (κ1) is 31.9. The highest BCUT2D eigenvalue weighted by Crippen LogP contribution is 2.58. The van der Waals surface area contributed by atoms with E-state index in [4.69, 9.17) is 19.9 Å². The third-order valence-corrected chi connectivity index (χ3v) is 13.6. The van der Waals surface area contributed by atoms with Crippen LogP contribution in [0, 0.1) is 5.92 Å². The summed E-state index contributed by atoms with van der Waals surface area (Å²) >= 11 is 1.89. The molecule has 11 rings (SSSR count). The summed E-state index contributed by atoms with van der Waals surface area (Å²) in [5, 5.41) is 2.38. The number of thioether (sulfide) groups is 1. The first-order valence-electron chi connectivity index (χ1n) is 19.2. The number of fused-ring (bicyclic) bond motifs is 10. The standard InChI is InChI=1S/C48H39N5S/c1-5-31-33-21-19-30(47-51-41(29-13-7-6-8-14-29)46-42(52-47)35-16-11-12-22-48(35,4)54-46)26-37(33)53-36-17-10-9-15-34(36)40-44-43(49-23-24-50-44)38(39(31)45(40)53)32-20-18-27(2)25-28(32)3/h6-17,19-27,31,35H,5,18H2,1-4H3. The minimum absolute atomic E-state index is 0.0970. The van der Waals surface area contributed by atoms with E-state index in [0.717, 1.165) is 52.2 Å². The van der Waals surface area contributed by atoms with Crippen molar-refractivity contribution in [3.05, 3.63) is 150 Å². The second-order valence-corrected chi connectivity index (χ2v) is 17.0. The first-order valence-corrected chi connectivity index (χ1v) is 20.0. The van der Waals surface area contributed by atoms with Gasteiger partial charge in [0.05, 0.1) is 44.0 Å².